The molecule has 3 rings (SSSR count). The highest BCUT2D eigenvalue weighted by Crippen LogP contribution is 2.23. The van der Waals surface area contributed by atoms with Crippen molar-refractivity contribution >= 4 is 11.8 Å². The third kappa shape index (κ3) is 4.41. The molecule has 5 nitrogen and oxygen atoms in total. The Kier molecular flexibility index (Phi) is 5.91. The molecule has 2 heterocycles. The summed E-state index contributed by atoms with van der Waals surface area (Å²) in [4.78, 5) is 28.9. The van der Waals surface area contributed by atoms with Crippen molar-refractivity contribution in [3.63, 3.8) is 0 Å². The zero-order valence-corrected chi connectivity index (χ0v) is 15.5. The molecule has 2 saturated heterocycles. The van der Waals surface area contributed by atoms with Crippen LogP contribution in [0, 0.1) is 11.7 Å². The second kappa shape index (κ2) is 8.16. The Morgan fingerprint density at radius 3 is 2.31 bits per heavy atom. The van der Waals surface area contributed by atoms with Gasteiger partial charge in [0.25, 0.3) is 0 Å². The molecule has 1 aromatic carbocycles. The second-order valence-electron chi connectivity index (χ2n) is 7.42. The van der Waals surface area contributed by atoms with Gasteiger partial charge in [-0.15, -0.1) is 0 Å². The minimum atomic E-state index is -0.346. The van der Waals surface area contributed by atoms with Gasteiger partial charge in [-0.3, -0.25) is 9.59 Å². The number of hydrogen-bond donors (Lipinski definition) is 0. The highest BCUT2D eigenvalue weighted by molar-refractivity contribution is 5.81. The summed E-state index contributed by atoms with van der Waals surface area (Å²) in [6.07, 6.45) is 1.53. The van der Waals surface area contributed by atoms with Crippen molar-refractivity contribution < 1.29 is 18.7 Å². The molecule has 0 radical (unpaired) electrons. The predicted octanol–water partition coefficient (Wildman–Crippen LogP) is 2.24. The maximum Gasteiger partial charge on any atom is 0.227 e. The van der Waals surface area contributed by atoms with Gasteiger partial charge in [0.1, 0.15) is 5.82 Å². The number of nitrogens with zero attached hydrogens (tertiary/aromatic N) is 2. The van der Waals surface area contributed by atoms with Crippen LogP contribution in [0.5, 0.6) is 0 Å². The third-order valence-corrected chi connectivity index (χ3v) is 5.23. The lowest BCUT2D eigenvalue weighted by Gasteiger charge is -2.39. The van der Waals surface area contributed by atoms with Crippen LogP contribution in [0.4, 0.5) is 4.39 Å². The van der Waals surface area contributed by atoms with Crippen molar-refractivity contribution in [1.82, 2.24) is 9.80 Å². The summed E-state index contributed by atoms with van der Waals surface area (Å²) in [5.41, 5.74) is 0.423. The Morgan fingerprint density at radius 1 is 1.08 bits per heavy atom. The Bertz CT molecular complexity index is 648. The molecule has 0 saturated carbocycles. The Morgan fingerprint density at radius 2 is 1.69 bits per heavy atom. The molecule has 6 heteroatoms. The van der Waals surface area contributed by atoms with E-state index in [1.54, 1.807) is 23.1 Å². The van der Waals surface area contributed by atoms with E-state index in [1.807, 2.05) is 18.7 Å². The minimum absolute atomic E-state index is 0.0370. The van der Waals surface area contributed by atoms with Crippen LogP contribution in [-0.4, -0.2) is 60.0 Å². The Balaban J connectivity index is 1.51. The first-order valence-electron chi connectivity index (χ1n) is 9.39. The Hall–Kier alpha value is -1.95. The fraction of sp³-hybridized carbons (Fsp3) is 0.600. The average Bonchev–Trinajstić information content (AvgIpc) is 2.62. The van der Waals surface area contributed by atoms with Gasteiger partial charge in [-0.05, 0) is 38.3 Å². The SMILES string of the molecule is CC1CN(C(=O)C2CCN(C(=O)Cc3ccccc3F)CC2)CC(C)O1. The summed E-state index contributed by atoms with van der Waals surface area (Å²) in [6.45, 7) is 6.35. The van der Waals surface area contributed by atoms with Crippen LogP contribution < -0.4 is 0 Å². The van der Waals surface area contributed by atoms with E-state index in [4.69, 9.17) is 4.74 Å². The van der Waals surface area contributed by atoms with Gasteiger partial charge in [0.05, 0.1) is 18.6 Å². The van der Waals surface area contributed by atoms with Crippen molar-refractivity contribution in [2.75, 3.05) is 26.2 Å². The first-order chi connectivity index (χ1) is 12.4. The summed E-state index contributed by atoms with van der Waals surface area (Å²) in [5, 5.41) is 0. The molecule has 0 N–H and O–H groups in total. The van der Waals surface area contributed by atoms with Crippen molar-refractivity contribution in [3.8, 4) is 0 Å². The number of likely N-dealkylation sites (tertiary alicyclic amines) is 1. The van der Waals surface area contributed by atoms with Gasteiger partial charge in [0, 0.05) is 32.1 Å². The number of amides is 2. The number of rotatable bonds is 3. The molecule has 2 amide bonds. The van der Waals surface area contributed by atoms with E-state index in [0.29, 0.717) is 44.6 Å². The monoisotopic (exact) mass is 362 g/mol. The molecular formula is C20H27FN2O3. The van der Waals surface area contributed by atoms with Crippen molar-refractivity contribution in [1.29, 1.82) is 0 Å². The molecular weight excluding hydrogens is 335 g/mol. The van der Waals surface area contributed by atoms with E-state index in [2.05, 4.69) is 0 Å². The highest BCUT2D eigenvalue weighted by Gasteiger charge is 2.33. The van der Waals surface area contributed by atoms with Gasteiger partial charge < -0.3 is 14.5 Å². The van der Waals surface area contributed by atoms with Gasteiger partial charge in [0.2, 0.25) is 11.8 Å². The van der Waals surface area contributed by atoms with Crippen LogP contribution >= 0.6 is 0 Å². The third-order valence-electron chi connectivity index (χ3n) is 5.23. The summed E-state index contributed by atoms with van der Waals surface area (Å²) >= 11 is 0. The number of morpholine rings is 1. The van der Waals surface area contributed by atoms with Gasteiger partial charge in [0.15, 0.2) is 0 Å². The summed E-state index contributed by atoms with van der Waals surface area (Å²) in [6, 6.07) is 6.37. The van der Waals surface area contributed by atoms with Crippen LogP contribution in [0.15, 0.2) is 24.3 Å². The van der Waals surface area contributed by atoms with Crippen LogP contribution in [0.2, 0.25) is 0 Å². The lowest BCUT2D eigenvalue weighted by Crippen LogP contribution is -2.51. The standard InChI is InChI=1S/C20H27FN2O3/c1-14-12-23(13-15(2)26-14)20(25)16-7-9-22(10-8-16)19(24)11-17-5-3-4-6-18(17)21/h3-6,14-16H,7-13H2,1-2H3. The van der Waals surface area contributed by atoms with E-state index in [1.165, 1.54) is 6.07 Å². The molecule has 0 aliphatic carbocycles. The number of ether oxygens (including phenoxy) is 1. The lowest BCUT2D eigenvalue weighted by molar-refractivity contribution is -0.150. The molecule has 0 bridgehead atoms. The summed E-state index contributed by atoms with van der Waals surface area (Å²) < 4.78 is 19.4. The molecule has 26 heavy (non-hydrogen) atoms. The molecule has 2 fully saturated rings. The lowest BCUT2D eigenvalue weighted by atomic mass is 9.94. The van der Waals surface area contributed by atoms with Crippen molar-refractivity contribution in [2.24, 2.45) is 5.92 Å². The zero-order valence-electron chi connectivity index (χ0n) is 15.5. The number of hydrogen-bond acceptors (Lipinski definition) is 3. The molecule has 2 unspecified atom stereocenters. The maximum absolute atomic E-state index is 13.7. The van der Waals surface area contributed by atoms with Crippen molar-refractivity contribution in [3.05, 3.63) is 35.6 Å². The minimum Gasteiger partial charge on any atom is -0.372 e. The van der Waals surface area contributed by atoms with E-state index in [9.17, 15) is 14.0 Å². The zero-order chi connectivity index (χ0) is 18.7. The van der Waals surface area contributed by atoms with Crippen LogP contribution in [0.3, 0.4) is 0 Å². The summed E-state index contributed by atoms with van der Waals surface area (Å²) in [7, 11) is 0. The molecule has 1 aromatic rings. The molecule has 0 spiro atoms. The van der Waals surface area contributed by atoms with E-state index < -0.39 is 0 Å². The van der Waals surface area contributed by atoms with Crippen LogP contribution in [0.25, 0.3) is 0 Å². The number of halogens is 1. The summed E-state index contributed by atoms with van der Waals surface area (Å²) in [5.74, 6) is -0.283. The largest absolute Gasteiger partial charge is 0.372 e. The Labute approximate surface area is 154 Å². The predicted molar refractivity (Wildman–Crippen MR) is 96.0 cm³/mol. The first-order valence-corrected chi connectivity index (χ1v) is 9.39. The number of carbonyl (C=O) groups is 2. The highest BCUT2D eigenvalue weighted by atomic mass is 19.1. The first kappa shape index (κ1) is 18.8. The van der Waals surface area contributed by atoms with Crippen molar-refractivity contribution in [2.45, 2.75) is 45.3 Å². The average molecular weight is 362 g/mol. The molecule has 2 aliphatic heterocycles. The maximum atomic E-state index is 13.7. The molecule has 0 aromatic heterocycles. The number of benzene rings is 1. The van der Waals surface area contributed by atoms with Gasteiger partial charge in [-0.1, -0.05) is 18.2 Å². The fourth-order valence-electron chi connectivity index (χ4n) is 3.91. The fourth-order valence-corrected chi connectivity index (χ4v) is 3.91. The quantitative estimate of drug-likeness (QED) is 0.829. The normalized spacial score (nSPS) is 24.6. The smallest absolute Gasteiger partial charge is 0.227 e. The second-order valence-corrected chi connectivity index (χ2v) is 7.42. The van der Waals surface area contributed by atoms with Gasteiger partial charge in [-0.25, -0.2) is 4.39 Å². The molecule has 2 aliphatic rings. The van der Waals surface area contributed by atoms with Gasteiger partial charge >= 0.3 is 0 Å². The van der Waals surface area contributed by atoms with E-state index in [0.717, 1.165) is 0 Å². The van der Waals surface area contributed by atoms with Gasteiger partial charge in [-0.2, -0.15) is 0 Å². The van der Waals surface area contributed by atoms with Crippen LogP contribution in [0.1, 0.15) is 32.3 Å². The molecule has 2 atom stereocenters. The number of piperidine rings is 1. The number of carbonyl (C=O) groups excluding carboxylic acids is 2. The van der Waals surface area contributed by atoms with E-state index in [-0.39, 0.29) is 42.2 Å². The molecule has 142 valence electrons. The van der Waals surface area contributed by atoms with Crippen LogP contribution in [-0.2, 0) is 20.7 Å². The topological polar surface area (TPSA) is 49.9 Å². The van der Waals surface area contributed by atoms with E-state index >= 15 is 0 Å².